The first-order valence-corrected chi connectivity index (χ1v) is 12.7. The lowest BCUT2D eigenvalue weighted by atomic mass is 9.82. The summed E-state index contributed by atoms with van der Waals surface area (Å²) in [5.74, 6) is 1.46. The topological polar surface area (TPSA) is 94.5 Å². The van der Waals surface area contributed by atoms with Crippen molar-refractivity contribution in [3.63, 3.8) is 0 Å². The van der Waals surface area contributed by atoms with Crippen molar-refractivity contribution in [2.45, 2.75) is 82.5 Å². The molecule has 1 unspecified atom stereocenters. The minimum absolute atomic E-state index is 0.0826. The zero-order chi connectivity index (χ0) is 23.7. The van der Waals surface area contributed by atoms with Crippen molar-refractivity contribution in [1.82, 2.24) is 15.5 Å². The van der Waals surface area contributed by atoms with Gasteiger partial charge in [0.25, 0.3) is 5.91 Å². The first-order valence-electron chi connectivity index (χ1n) is 12.7. The van der Waals surface area contributed by atoms with Crippen molar-refractivity contribution in [3.05, 3.63) is 41.6 Å². The number of amides is 2. The summed E-state index contributed by atoms with van der Waals surface area (Å²) in [4.78, 5) is 27.1. The molecule has 0 aromatic heterocycles. The fourth-order valence-electron chi connectivity index (χ4n) is 5.99. The van der Waals surface area contributed by atoms with Crippen LogP contribution in [0.3, 0.4) is 0 Å². The molecule has 2 heterocycles. The van der Waals surface area contributed by atoms with Crippen LogP contribution >= 0.6 is 0 Å². The Balaban J connectivity index is 1.18. The Morgan fingerprint density at radius 2 is 1.97 bits per heavy atom. The van der Waals surface area contributed by atoms with Gasteiger partial charge in [0.2, 0.25) is 5.91 Å². The number of carbonyl (C=O) groups is 2. The predicted octanol–water partition coefficient (Wildman–Crippen LogP) is 3.65. The summed E-state index contributed by atoms with van der Waals surface area (Å²) in [5.41, 5.74) is 2.31. The zero-order valence-electron chi connectivity index (χ0n) is 19.7. The first kappa shape index (κ1) is 22.9. The molecule has 5 rings (SSSR count). The number of rotatable bonds is 6. The average Bonchev–Trinajstić information content (AvgIpc) is 3.41. The van der Waals surface area contributed by atoms with Gasteiger partial charge in [-0.1, -0.05) is 6.58 Å². The predicted molar refractivity (Wildman–Crippen MR) is 128 cm³/mol. The fraction of sp³-hybridized carbons (Fsp3) is 0.593. The van der Waals surface area contributed by atoms with Gasteiger partial charge >= 0.3 is 0 Å². The Bertz CT molecular complexity index is 1010. The van der Waals surface area contributed by atoms with E-state index in [1.54, 1.807) is 4.90 Å². The molecule has 3 atom stereocenters. The summed E-state index contributed by atoms with van der Waals surface area (Å²) >= 11 is 0. The maximum atomic E-state index is 13.0. The fourth-order valence-corrected chi connectivity index (χ4v) is 5.99. The quantitative estimate of drug-likeness (QED) is 0.673. The molecule has 2 aliphatic carbocycles. The van der Waals surface area contributed by atoms with Crippen molar-refractivity contribution in [1.29, 1.82) is 5.26 Å². The SMILES string of the molecule is C=C1CCC(N2Cc3cc(O[C@@H]4CCC[C@@H]4NCC4CCC(C#N)CC4)ccc3C2=O)C(=O)N1. The lowest BCUT2D eigenvalue weighted by Crippen LogP contribution is -2.49. The number of hydrogen-bond acceptors (Lipinski definition) is 5. The largest absolute Gasteiger partial charge is 0.489 e. The van der Waals surface area contributed by atoms with Crippen molar-refractivity contribution < 1.29 is 14.3 Å². The van der Waals surface area contributed by atoms with Crippen LogP contribution in [0.4, 0.5) is 0 Å². The molecule has 2 amide bonds. The highest BCUT2D eigenvalue weighted by molar-refractivity contribution is 6.01. The number of hydrogen-bond donors (Lipinski definition) is 2. The monoisotopic (exact) mass is 462 g/mol. The second-order valence-corrected chi connectivity index (χ2v) is 10.3. The number of ether oxygens (including phenoxy) is 1. The van der Waals surface area contributed by atoms with Gasteiger partial charge in [0.05, 0.1) is 6.07 Å². The number of nitrogens with zero attached hydrogens (tertiary/aromatic N) is 2. The van der Waals surface area contributed by atoms with E-state index in [-0.39, 0.29) is 23.8 Å². The summed E-state index contributed by atoms with van der Waals surface area (Å²) in [6.45, 7) is 5.26. The van der Waals surface area contributed by atoms with E-state index in [2.05, 4.69) is 23.3 Å². The van der Waals surface area contributed by atoms with Crippen LogP contribution < -0.4 is 15.4 Å². The van der Waals surface area contributed by atoms with E-state index in [0.717, 1.165) is 68.5 Å². The number of carbonyl (C=O) groups excluding carboxylic acids is 2. The third-order valence-corrected chi connectivity index (χ3v) is 8.05. The summed E-state index contributed by atoms with van der Waals surface area (Å²) < 4.78 is 6.41. The summed E-state index contributed by atoms with van der Waals surface area (Å²) in [6, 6.07) is 8.02. The standard InChI is InChI=1S/C27H34N4O3/c1-17-5-12-24(26(32)30-17)31-16-20-13-21(10-11-22(20)27(31)33)34-25-4-2-3-23(25)29-15-19-8-6-18(14-28)7-9-19/h10-11,13,18-19,23-25,29H,1-9,12,15-16H2,(H,30,32)/t18?,19?,23-,24?,25+/m0/s1. The van der Waals surface area contributed by atoms with Gasteiger partial charge in [-0.2, -0.15) is 5.26 Å². The molecule has 1 saturated heterocycles. The van der Waals surface area contributed by atoms with Crippen molar-refractivity contribution in [3.8, 4) is 11.8 Å². The maximum Gasteiger partial charge on any atom is 0.255 e. The number of nitriles is 1. The molecule has 3 fully saturated rings. The molecule has 1 aromatic carbocycles. The molecule has 2 aliphatic heterocycles. The van der Waals surface area contributed by atoms with Crippen LogP contribution in [-0.2, 0) is 11.3 Å². The highest BCUT2D eigenvalue weighted by Gasteiger charge is 2.38. The molecule has 0 bridgehead atoms. The Kier molecular flexibility index (Phi) is 6.60. The summed E-state index contributed by atoms with van der Waals surface area (Å²) in [7, 11) is 0. The van der Waals surface area contributed by atoms with Gasteiger partial charge in [0.1, 0.15) is 17.9 Å². The maximum absolute atomic E-state index is 13.0. The second kappa shape index (κ2) is 9.79. The van der Waals surface area contributed by atoms with Crippen molar-refractivity contribution in [2.24, 2.45) is 11.8 Å². The lowest BCUT2D eigenvalue weighted by Gasteiger charge is -2.30. The van der Waals surface area contributed by atoms with Crippen molar-refractivity contribution in [2.75, 3.05) is 6.54 Å². The lowest BCUT2D eigenvalue weighted by molar-refractivity contribution is -0.126. The van der Waals surface area contributed by atoms with Gasteiger partial charge in [-0.25, -0.2) is 0 Å². The number of nitrogens with one attached hydrogen (secondary N) is 2. The number of benzene rings is 1. The average molecular weight is 463 g/mol. The highest BCUT2D eigenvalue weighted by atomic mass is 16.5. The molecule has 0 spiro atoms. The Labute approximate surface area is 201 Å². The van der Waals surface area contributed by atoms with Crippen LogP contribution in [0.15, 0.2) is 30.5 Å². The van der Waals surface area contributed by atoms with Crippen LogP contribution in [0.2, 0.25) is 0 Å². The molecule has 34 heavy (non-hydrogen) atoms. The van der Waals surface area contributed by atoms with Gasteiger partial charge in [-0.05, 0) is 94.0 Å². The normalized spacial score (nSPS) is 31.2. The van der Waals surface area contributed by atoms with Gasteiger partial charge in [-0.15, -0.1) is 0 Å². The molecular weight excluding hydrogens is 428 g/mol. The number of piperidine rings is 1. The van der Waals surface area contributed by atoms with Gasteiger partial charge in [0, 0.05) is 29.8 Å². The third-order valence-electron chi connectivity index (χ3n) is 8.05. The molecule has 1 aromatic rings. The molecular formula is C27H34N4O3. The zero-order valence-corrected chi connectivity index (χ0v) is 19.7. The van der Waals surface area contributed by atoms with E-state index in [1.807, 2.05) is 18.2 Å². The third kappa shape index (κ3) is 4.69. The van der Waals surface area contributed by atoms with Crippen LogP contribution in [-0.4, -0.2) is 41.4 Å². The Morgan fingerprint density at radius 1 is 1.15 bits per heavy atom. The highest BCUT2D eigenvalue weighted by Crippen LogP contribution is 2.33. The Hall–Kier alpha value is -2.85. The summed E-state index contributed by atoms with van der Waals surface area (Å²) in [6.07, 6.45) is 9.01. The van der Waals surface area contributed by atoms with Gasteiger partial charge in [-0.3, -0.25) is 9.59 Å². The van der Waals surface area contributed by atoms with E-state index in [9.17, 15) is 9.59 Å². The number of fused-ring (bicyclic) bond motifs is 1. The molecule has 2 N–H and O–H groups in total. The van der Waals surface area contributed by atoms with E-state index < -0.39 is 6.04 Å². The van der Waals surface area contributed by atoms with Gasteiger partial charge < -0.3 is 20.3 Å². The van der Waals surface area contributed by atoms with Crippen LogP contribution in [0.5, 0.6) is 5.75 Å². The minimum atomic E-state index is -0.443. The number of allylic oxidation sites excluding steroid dienone is 1. The smallest absolute Gasteiger partial charge is 0.255 e. The Morgan fingerprint density at radius 3 is 2.74 bits per heavy atom. The second-order valence-electron chi connectivity index (χ2n) is 10.3. The van der Waals surface area contributed by atoms with E-state index >= 15 is 0 Å². The van der Waals surface area contributed by atoms with Crippen LogP contribution in [0, 0.1) is 23.2 Å². The molecule has 7 heteroatoms. The minimum Gasteiger partial charge on any atom is -0.489 e. The van der Waals surface area contributed by atoms with Crippen LogP contribution in [0.1, 0.15) is 73.7 Å². The van der Waals surface area contributed by atoms with Crippen LogP contribution in [0.25, 0.3) is 0 Å². The van der Waals surface area contributed by atoms with E-state index in [0.29, 0.717) is 36.9 Å². The van der Waals surface area contributed by atoms with E-state index in [1.165, 1.54) is 0 Å². The summed E-state index contributed by atoms with van der Waals surface area (Å²) in [5, 5.41) is 15.6. The van der Waals surface area contributed by atoms with E-state index in [4.69, 9.17) is 10.00 Å². The molecule has 2 saturated carbocycles. The van der Waals surface area contributed by atoms with Crippen molar-refractivity contribution >= 4 is 11.8 Å². The molecule has 4 aliphatic rings. The molecule has 180 valence electrons. The van der Waals surface area contributed by atoms with Gasteiger partial charge in [0.15, 0.2) is 0 Å². The first-order chi connectivity index (χ1) is 16.5. The molecule has 7 nitrogen and oxygen atoms in total. The molecule has 0 radical (unpaired) electrons.